The Balaban J connectivity index is 2.14. The molecule has 2 aromatic carbocycles. The summed E-state index contributed by atoms with van der Waals surface area (Å²) in [6, 6.07) is 9.32. The van der Waals surface area contributed by atoms with E-state index in [0.29, 0.717) is 27.0 Å². The number of hydrogen-bond acceptors (Lipinski definition) is 3. The van der Waals surface area contributed by atoms with E-state index in [-0.39, 0.29) is 5.56 Å². The van der Waals surface area contributed by atoms with Gasteiger partial charge in [-0.05, 0) is 30.3 Å². The number of carbonyl (C=O) groups excluding carboxylic acids is 2. The summed E-state index contributed by atoms with van der Waals surface area (Å²) in [5.74, 6) is -0.492. The molecule has 0 atom stereocenters. The van der Waals surface area contributed by atoms with E-state index in [0.717, 1.165) is 4.90 Å². The second-order valence-electron chi connectivity index (χ2n) is 4.45. The van der Waals surface area contributed by atoms with E-state index in [1.54, 1.807) is 30.3 Å². The van der Waals surface area contributed by atoms with Crippen molar-refractivity contribution in [2.75, 3.05) is 12.0 Å². The number of benzene rings is 2. The number of anilines is 1. The normalized spacial score (nSPS) is 13.6. The third kappa shape index (κ3) is 2.17. The summed E-state index contributed by atoms with van der Waals surface area (Å²) >= 11 is 11.8. The van der Waals surface area contributed by atoms with Crippen LogP contribution in [0.4, 0.5) is 5.69 Å². The smallest absolute Gasteiger partial charge is 0.266 e. The molecule has 0 radical (unpaired) electrons. The van der Waals surface area contributed by atoms with Crippen molar-refractivity contribution in [2.24, 2.45) is 0 Å². The first-order chi connectivity index (χ1) is 10.0. The van der Waals surface area contributed by atoms with Crippen LogP contribution in [0.25, 0.3) is 0 Å². The molecule has 2 aromatic rings. The van der Waals surface area contributed by atoms with Crippen molar-refractivity contribution in [3.05, 3.63) is 57.6 Å². The van der Waals surface area contributed by atoms with Crippen molar-refractivity contribution >= 4 is 40.7 Å². The van der Waals surface area contributed by atoms with Crippen molar-refractivity contribution in [1.29, 1.82) is 0 Å². The van der Waals surface area contributed by atoms with Crippen molar-refractivity contribution < 1.29 is 14.3 Å². The fourth-order valence-corrected chi connectivity index (χ4v) is 2.60. The Hall–Kier alpha value is -2.04. The zero-order valence-corrected chi connectivity index (χ0v) is 12.4. The zero-order chi connectivity index (χ0) is 15.1. The molecule has 3 rings (SSSR count). The highest BCUT2D eigenvalue weighted by atomic mass is 35.5. The number of amides is 2. The number of carbonyl (C=O) groups is 2. The van der Waals surface area contributed by atoms with Crippen molar-refractivity contribution in [1.82, 2.24) is 0 Å². The van der Waals surface area contributed by atoms with Gasteiger partial charge in [-0.25, -0.2) is 4.90 Å². The van der Waals surface area contributed by atoms with Gasteiger partial charge < -0.3 is 4.74 Å². The van der Waals surface area contributed by atoms with E-state index < -0.39 is 11.8 Å². The van der Waals surface area contributed by atoms with Gasteiger partial charge in [0.1, 0.15) is 5.75 Å². The summed E-state index contributed by atoms with van der Waals surface area (Å²) in [6.07, 6.45) is 0. The SMILES string of the molecule is COc1cc(Cl)ccc1N1C(=O)c2ccc(Cl)cc2C1=O. The van der Waals surface area contributed by atoms with E-state index in [9.17, 15) is 9.59 Å². The van der Waals surface area contributed by atoms with Crippen LogP contribution in [0.1, 0.15) is 20.7 Å². The highest BCUT2D eigenvalue weighted by Gasteiger charge is 2.38. The summed E-state index contributed by atoms with van der Waals surface area (Å²) in [5, 5.41) is 0.857. The molecule has 106 valence electrons. The predicted molar refractivity (Wildman–Crippen MR) is 80.6 cm³/mol. The molecule has 0 saturated heterocycles. The van der Waals surface area contributed by atoms with Crippen molar-refractivity contribution in [3.8, 4) is 5.75 Å². The van der Waals surface area contributed by atoms with Gasteiger partial charge in [0, 0.05) is 16.1 Å². The van der Waals surface area contributed by atoms with Gasteiger partial charge in [-0.15, -0.1) is 0 Å². The molecule has 2 amide bonds. The Morgan fingerprint density at radius 3 is 2.24 bits per heavy atom. The van der Waals surface area contributed by atoms with Gasteiger partial charge in [0.2, 0.25) is 0 Å². The first-order valence-electron chi connectivity index (χ1n) is 6.05. The maximum Gasteiger partial charge on any atom is 0.266 e. The molecular weight excluding hydrogens is 313 g/mol. The monoisotopic (exact) mass is 321 g/mol. The summed E-state index contributed by atoms with van der Waals surface area (Å²) in [5.41, 5.74) is 0.954. The molecule has 0 aliphatic carbocycles. The topological polar surface area (TPSA) is 46.6 Å². The third-order valence-corrected chi connectivity index (χ3v) is 3.70. The van der Waals surface area contributed by atoms with Gasteiger partial charge in [-0.1, -0.05) is 23.2 Å². The van der Waals surface area contributed by atoms with E-state index in [4.69, 9.17) is 27.9 Å². The Bertz CT molecular complexity index is 774. The number of halogens is 2. The van der Waals surface area contributed by atoms with Crippen LogP contribution in [-0.2, 0) is 0 Å². The molecule has 0 fully saturated rings. The van der Waals surface area contributed by atoms with Gasteiger partial charge in [0.25, 0.3) is 11.8 Å². The predicted octanol–water partition coefficient (Wildman–Crippen LogP) is 3.80. The number of rotatable bonds is 2. The maximum absolute atomic E-state index is 12.5. The molecular formula is C15H9Cl2NO3. The van der Waals surface area contributed by atoms with Crippen LogP contribution in [0.2, 0.25) is 10.0 Å². The molecule has 21 heavy (non-hydrogen) atoms. The average molecular weight is 322 g/mol. The van der Waals surface area contributed by atoms with Crippen LogP contribution >= 0.6 is 23.2 Å². The quantitative estimate of drug-likeness (QED) is 0.790. The Kier molecular flexibility index (Phi) is 3.35. The van der Waals surface area contributed by atoms with Crippen molar-refractivity contribution in [2.45, 2.75) is 0 Å². The number of hydrogen-bond donors (Lipinski definition) is 0. The molecule has 1 aliphatic rings. The Morgan fingerprint density at radius 1 is 0.905 bits per heavy atom. The minimum Gasteiger partial charge on any atom is -0.495 e. The first kappa shape index (κ1) is 13.9. The number of nitrogens with zero attached hydrogens (tertiary/aromatic N) is 1. The lowest BCUT2D eigenvalue weighted by Crippen LogP contribution is -2.29. The average Bonchev–Trinajstić information content (AvgIpc) is 2.71. The van der Waals surface area contributed by atoms with Crippen LogP contribution in [-0.4, -0.2) is 18.9 Å². The molecule has 0 saturated carbocycles. The molecule has 0 unspecified atom stereocenters. The molecule has 0 N–H and O–H groups in total. The number of fused-ring (bicyclic) bond motifs is 1. The fourth-order valence-electron chi connectivity index (χ4n) is 2.27. The lowest BCUT2D eigenvalue weighted by molar-refractivity contribution is 0.0925. The summed E-state index contributed by atoms with van der Waals surface area (Å²) < 4.78 is 5.20. The molecule has 0 bridgehead atoms. The lowest BCUT2D eigenvalue weighted by Gasteiger charge is -2.17. The van der Waals surface area contributed by atoms with Crippen LogP contribution in [0, 0.1) is 0 Å². The minimum absolute atomic E-state index is 0.282. The van der Waals surface area contributed by atoms with E-state index in [1.165, 1.54) is 13.2 Å². The summed E-state index contributed by atoms with van der Waals surface area (Å²) in [4.78, 5) is 26.0. The molecule has 4 nitrogen and oxygen atoms in total. The van der Waals surface area contributed by atoms with Crippen LogP contribution < -0.4 is 9.64 Å². The minimum atomic E-state index is -0.432. The van der Waals surface area contributed by atoms with Gasteiger partial charge in [-0.2, -0.15) is 0 Å². The Labute approximate surface area is 130 Å². The summed E-state index contributed by atoms with van der Waals surface area (Å²) in [6.45, 7) is 0. The highest BCUT2D eigenvalue weighted by molar-refractivity contribution is 6.37. The molecule has 1 heterocycles. The second-order valence-corrected chi connectivity index (χ2v) is 5.32. The fraction of sp³-hybridized carbons (Fsp3) is 0.0667. The van der Waals surface area contributed by atoms with Crippen LogP contribution in [0.5, 0.6) is 5.75 Å². The largest absolute Gasteiger partial charge is 0.495 e. The van der Waals surface area contributed by atoms with Gasteiger partial charge >= 0.3 is 0 Å². The molecule has 6 heteroatoms. The van der Waals surface area contributed by atoms with Gasteiger partial charge in [-0.3, -0.25) is 9.59 Å². The van der Waals surface area contributed by atoms with Gasteiger partial charge in [0.15, 0.2) is 0 Å². The van der Waals surface area contributed by atoms with Crippen molar-refractivity contribution in [3.63, 3.8) is 0 Å². The summed E-state index contributed by atoms with van der Waals surface area (Å²) in [7, 11) is 1.45. The molecule has 0 aromatic heterocycles. The second kappa shape index (κ2) is 5.06. The third-order valence-electron chi connectivity index (χ3n) is 3.23. The Morgan fingerprint density at radius 2 is 1.52 bits per heavy atom. The number of ether oxygens (including phenoxy) is 1. The first-order valence-corrected chi connectivity index (χ1v) is 6.80. The van der Waals surface area contributed by atoms with E-state index in [2.05, 4.69) is 0 Å². The molecule has 0 spiro atoms. The van der Waals surface area contributed by atoms with Crippen LogP contribution in [0.3, 0.4) is 0 Å². The zero-order valence-electron chi connectivity index (χ0n) is 10.9. The standard InChI is InChI=1S/C15H9Cl2NO3/c1-21-13-7-9(17)3-5-12(13)18-14(19)10-4-2-8(16)6-11(10)15(18)20/h2-7H,1H3. The molecule has 1 aliphatic heterocycles. The van der Waals surface area contributed by atoms with Gasteiger partial charge in [0.05, 0.1) is 23.9 Å². The number of methoxy groups -OCH3 is 1. The van der Waals surface area contributed by atoms with E-state index >= 15 is 0 Å². The van der Waals surface area contributed by atoms with Crippen LogP contribution in [0.15, 0.2) is 36.4 Å². The maximum atomic E-state index is 12.5. The number of imide groups is 1. The van der Waals surface area contributed by atoms with E-state index in [1.807, 2.05) is 0 Å². The highest BCUT2D eigenvalue weighted by Crippen LogP contribution is 2.36. The lowest BCUT2D eigenvalue weighted by atomic mass is 10.1.